The van der Waals surface area contributed by atoms with Crippen molar-refractivity contribution < 1.29 is 9.53 Å². The number of anilines is 1. The van der Waals surface area contributed by atoms with Gasteiger partial charge in [0, 0.05) is 38.1 Å². The standard InChI is InChI=1S/C16H21N5O2/c22-16(13-3-1-2-10-23-13)20-8-6-12(11-20)18-14-4-5-15-17-7-9-21(15)19-14/h4-5,7,9,12-13H,1-3,6,8,10-11H2,(H,18,19)/t12-,13+/m0/s1. The molecule has 4 rings (SSSR count). The predicted molar refractivity (Wildman–Crippen MR) is 85.2 cm³/mol. The van der Waals surface area contributed by atoms with Gasteiger partial charge in [0.15, 0.2) is 5.65 Å². The predicted octanol–water partition coefficient (Wildman–Crippen LogP) is 1.31. The fourth-order valence-electron chi connectivity index (χ4n) is 3.32. The lowest BCUT2D eigenvalue weighted by molar-refractivity contribution is -0.145. The molecule has 7 heteroatoms. The van der Waals surface area contributed by atoms with Crippen LogP contribution in [0.1, 0.15) is 25.7 Å². The second-order valence-electron chi connectivity index (χ2n) is 6.22. The molecule has 2 aromatic heterocycles. The highest BCUT2D eigenvalue weighted by atomic mass is 16.5. The summed E-state index contributed by atoms with van der Waals surface area (Å²) in [6, 6.07) is 4.09. The number of hydrogen-bond acceptors (Lipinski definition) is 5. The van der Waals surface area contributed by atoms with Crippen LogP contribution in [0.5, 0.6) is 0 Å². The van der Waals surface area contributed by atoms with Crippen molar-refractivity contribution in [3.63, 3.8) is 0 Å². The Kier molecular flexibility index (Phi) is 3.87. The average Bonchev–Trinajstić information content (AvgIpc) is 3.24. The van der Waals surface area contributed by atoms with Crippen molar-refractivity contribution in [1.82, 2.24) is 19.5 Å². The minimum absolute atomic E-state index is 0.145. The SMILES string of the molecule is O=C([C@H]1CCCCO1)N1CC[C@H](Nc2ccc3nccn3n2)C1. The summed E-state index contributed by atoms with van der Waals surface area (Å²) in [4.78, 5) is 18.6. The van der Waals surface area contributed by atoms with E-state index in [1.165, 1.54) is 0 Å². The topological polar surface area (TPSA) is 71.8 Å². The van der Waals surface area contributed by atoms with Gasteiger partial charge in [-0.3, -0.25) is 4.79 Å². The molecule has 2 aliphatic rings. The second-order valence-corrected chi connectivity index (χ2v) is 6.22. The molecule has 1 N–H and O–H groups in total. The summed E-state index contributed by atoms with van der Waals surface area (Å²) in [7, 11) is 0. The van der Waals surface area contributed by atoms with Crippen molar-refractivity contribution in [2.24, 2.45) is 0 Å². The molecule has 0 aliphatic carbocycles. The molecule has 2 aliphatic heterocycles. The van der Waals surface area contributed by atoms with Gasteiger partial charge in [0.05, 0.1) is 0 Å². The summed E-state index contributed by atoms with van der Waals surface area (Å²) < 4.78 is 7.36. The van der Waals surface area contributed by atoms with Crippen LogP contribution in [0.3, 0.4) is 0 Å². The Balaban J connectivity index is 1.37. The number of ether oxygens (including phenoxy) is 1. The quantitative estimate of drug-likeness (QED) is 0.924. The lowest BCUT2D eigenvalue weighted by atomic mass is 10.1. The number of amides is 1. The summed E-state index contributed by atoms with van der Waals surface area (Å²) in [5, 5.41) is 7.89. The average molecular weight is 315 g/mol. The summed E-state index contributed by atoms with van der Waals surface area (Å²) in [6.07, 6.45) is 7.26. The number of nitrogens with zero attached hydrogens (tertiary/aromatic N) is 4. The van der Waals surface area contributed by atoms with E-state index < -0.39 is 0 Å². The number of carbonyl (C=O) groups excluding carboxylic acids is 1. The third-order valence-electron chi connectivity index (χ3n) is 4.56. The molecule has 1 amide bonds. The highest BCUT2D eigenvalue weighted by Crippen LogP contribution is 2.20. The summed E-state index contributed by atoms with van der Waals surface area (Å²) in [5.74, 6) is 0.954. The molecule has 2 aromatic rings. The third-order valence-corrected chi connectivity index (χ3v) is 4.56. The number of imidazole rings is 1. The van der Waals surface area contributed by atoms with E-state index in [0.717, 1.165) is 43.7 Å². The van der Waals surface area contributed by atoms with Crippen LogP contribution in [0.25, 0.3) is 5.65 Å². The highest BCUT2D eigenvalue weighted by Gasteiger charge is 2.32. The lowest BCUT2D eigenvalue weighted by Gasteiger charge is -2.26. The first-order valence-corrected chi connectivity index (χ1v) is 8.27. The smallest absolute Gasteiger partial charge is 0.251 e. The van der Waals surface area contributed by atoms with Gasteiger partial charge in [0.2, 0.25) is 0 Å². The first-order chi connectivity index (χ1) is 11.3. The van der Waals surface area contributed by atoms with Gasteiger partial charge in [-0.15, -0.1) is 5.10 Å². The van der Waals surface area contributed by atoms with E-state index in [1.807, 2.05) is 23.2 Å². The van der Waals surface area contributed by atoms with Crippen molar-refractivity contribution in [3.05, 3.63) is 24.5 Å². The van der Waals surface area contributed by atoms with Gasteiger partial charge < -0.3 is 15.0 Å². The van der Waals surface area contributed by atoms with Crippen molar-refractivity contribution >= 4 is 17.4 Å². The van der Waals surface area contributed by atoms with Crippen LogP contribution in [0, 0.1) is 0 Å². The molecule has 4 heterocycles. The summed E-state index contributed by atoms with van der Waals surface area (Å²) in [5.41, 5.74) is 0.827. The largest absolute Gasteiger partial charge is 0.368 e. The fraction of sp³-hybridized carbons (Fsp3) is 0.562. The zero-order chi connectivity index (χ0) is 15.6. The number of nitrogens with one attached hydrogen (secondary N) is 1. The van der Waals surface area contributed by atoms with Crippen LogP contribution < -0.4 is 5.32 Å². The summed E-state index contributed by atoms with van der Waals surface area (Å²) >= 11 is 0. The van der Waals surface area contributed by atoms with E-state index in [9.17, 15) is 4.79 Å². The Hall–Kier alpha value is -2.15. The van der Waals surface area contributed by atoms with E-state index >= 15 is 0 Å². The number of rotatable bonds is 3. The second kappa shape index (κ2) is 6.16. The van der Waals surface area contributed by atoms with Crippen LogP contribution in [-0.2, 0) is 9.53 Å². The van der Waals surface area contributed by atoms with Gasteiger partial charge in [0.25, 0.3) is 5.91 Å². The van der Waals surface area contributed by atoms with Gasteiger partial charge in [-0.25, -0.2) is 9.50 Å². The van der Waals surface area contributed by atoms with Crippen LogP contribution in [-0.4, -0.2) is 57.2 Å². The van der Waals surface area contributed by atoms with Gasteiger partial charge in [0.1, 0.15) is 11.9 Å². The normalized spacial score (nSPS) is 25.0. The van der Waals surface area contributed by atoms with E-state index in [0.29, 0.717) is 13.2 Å². The first kappa shape index (κ1) is 14.4. The summed E-state index contributed by atoms with van der Waals surface area (Å²) in [6.45, 7) is 2.20. The van der Waals surface area contributed by atoms with Gasteiger partial charge in [-0.1, -0.05) is 0 Å². The van der Waals surface area contributed by atoms with Crippen molar-refractivity contribution in [2.75, 3.05) is 25.0 Å². The molecule has 0 unspecified atom stereocenters. The number of hydrogen-bond donors (Lipinski definition) is 1. The Bertz CT molecular complexity index is 695. The molecular weight excluding hydrogens is 294 g/mol. The van der Waals surface area contributed by atoms with E-state index in [4.69, 9.17) is 4.74 Å². The van der Waals surface area contributed by atoms with E-state index in [1.54, 1.807) is 10.7 Å². The molecule has 122 valence electrons. The number of fused-ring (bicyclic) bond motifs is 1. The lowest BCUT2D eigenvalue weighted by Crippen LogP contribution is -2.41. The maximum absolute atomic E-state index is 12.5. The fourth-order valence-corrected chi connectivity index (χ4v) is 3.32. The maximum atomic E-state index is 12.5. The Labute approximate surface area is 134 Å². The molecule has 0 spiro atoms. The van der Waals surface area contributed by atoms with Crippen LogP contribution in [0.4, 0.5) is 5.82 Å². The maximum Gasteiger partial charge on any atom is 0.251 e. The van der Waals surface area contributed by atoms with Crippen LogP contribution in [0.2, 0.25) is 0 Å². The molecule has 0 radical (unpaired) electrons. The van der Waals surface area contributed by atoms with E-state index in [2.05, 4.69) is 15.4 Å². The van der Waals surface area contributed by atoms with Crippen LogP contribution in [0.15, 0.2) is 24.5 Å². The minimum atomic E-state index is -0.233. The van der Waals surface area contributed by atoms with Crippen molar-refractivity contribution in [1.29, 1.82) is 0 Å². The monoisotopic (exact) mass is 315 g/mol. The zero-order valence-corrected chi connectivity index (χ0v) is 13.0. The number of likely N-dealkylation sites (tertiary alicyclic amines) is 1. The van der Waals surface area contributed by atoms with Crippen molar-refractivity contribution in [2.45, 2.75) is 37.8 Å². The molecule has 0 saturated carbocycles. The minimum Gasteiger partial charge on any atom is -0.368 e. The molecular formula is C16H21N5O2. The molecule has 23 heavy (non-hydrogen) atoms. The zero-order valence-electron chi connectivity index (χ0n) is 13.0. The molecule has 0 aromatic carbocycles. The Morgan fingerprint density at radius 3 is 3.13 bits per heavy atom. The molecule has 0 bridgehead atoms. The first-order valence-electron chi connectivity index (χ1n) is 8.27. The third kappa shape index (κ3) is 3.01. The molecule has 7 nitrogen and oxygen atoms in total. The molecule has 2 saturated heterocycles. The van der Waals surface area contributed by atoms with Crippen molar-refractivity contribution in [3.8, 4) is 0 Å². The number of aromatic nitrogens is 3. The van der Waals surface area contributed by atoms with Gasteiger partial charge >= 0.3 is 0 Å². The molecule has 2 atom stereocenters. The highest BCUT2D eigenvalue weighted by molar-refractivity contribution is 5.81. The molecule has 2 fully saturated rings. The van der Waals surface area contributed by atoms with Crippen LogP contribution >= 0.6 is 0 Å². The Morgan fingerprint density at radius 2 is 2.26 bits per heavy atom. The number of carbonyl (C=O) groups is 1. The van der Waals surface area contributed by atoms with Gasteiger partial charge in [-0.2, -0.15) is 0 Å². The Morgan fingerprint density at radius 1 is 1.30 bits per heavy atom. The van der Waals surface area contributed by atoms with Gasteiger partial charge in [-0.05, 0) is 37.8 Å². The van der Waals surface area contributed by atoms with E-state index in [-0.39, 0.29) is 18.1 Å².